The average Bonchev–Trinajstić information content (AvgIpc) is 2.62. The second kappa shape index (κ2) is 12.5. The normalized spacial score (nSPS) is 15.2. The molecule has 1 fully saturated rings. The number of hydrogen-bond donors (Lipinski definition) is 3. The summed E-state index contributed by atoms with van der Waals surface area (Å²) in [5, 5.41) is 10.2. The van der Waals surface area contributed by atoms with Gasteiger partial charge in [-0.1, -0.05) is 24.1 Å². The van der Waals surface area contributed by atoms with Crippen molar-refractivity contribution in [2.24, 2.45) is 10.4 Å². The summed E-state index contributed by atoms with van der Waals surface area (Å²) < 4.78 is 5.24. The molecule has 0 unspecified atom stereocenters. The molecule has 1 saturated carbocycles. The number of aliphatic imine (C=N–C) groups is 1. The number of nitrogens with one attached hydrogen (secondary N) is 3. The van der Waals surface area contributed by atoms with E-state index in [0.717, 1.165) is 36.8 Å². The van der Waals surface area contributed by atoms with Crippen LogP contribution in [0.2, 0.25) is 5.02 Å². The molecule has 1 aliphatic carbocycles. The number of anilines is 1. The summed E-state index contributed by atoms with van der Waals surface area (Å²) in [4.78, 5) is 16.4. The maximum atomic E-state index is 12.2. The third-order valence-corrected chi connectivity index (χ3v) is 5.70. The standard InChI is InChI=1S/C20H31ClN4O2.HI/c1-15-16(21)6-4-7-17(15)25-18(26)8-12-23-19(22-2)24-14-20(9-5-10-20)11-13-27-3;/h4,6-7H,5,8-14H2,1-3H3,(H,25,26)(H2,22,23,24);1H. The maximum absolute atomic E-state index is 12.2. The van der Waals surface area contributed by atoms with Gasteiger partial charge < -0.3 is 20.7 Å². The fraction of sp³-hybridized carbons (Fsp3) is 0.600. The predicted octanol–water partition coefficient (Wildman–Crippen LogP) is 3.97. The van der Waals surface area contributed by atoms with Gasteiger partial charge in [0.05, 0.1) is 0 Å². The molecule has 2 rings (SSSR count). The predicted molar refractivity (Wildman–Crippen MR) is 127 cm³/mol. The minimum Gasteiger partial charge on any atom is -0.385 e. The number of methoxy groups -OCH3 is 1. The molecule has 28 heavy (non-hydrogen) atoms. The number of ether oxygens (including phenoxy) is 1. The summed E-state index contributed by atoms with van der Waals surface area (Å²) in [5.41, 5.74) is 1.94. The van der Waals surface area contributed by atoms with Gasteiger partial charge in [0.25, 0.3) is 0 Å². The van der Waals surface area contributed by atoms with Gasteiger partial charge in [0.15, 0.2) is 5.96 Å². The number of hydrogen-bond acceptors (Lipinski definition) is 3. The van der Waals surface area contributed by atoms with Crippen molar-refractivity contribution in [2.75, 3.05) is 39.2 Å². The highest BCUT2D eigenvalue weighted by molar-refractivity contribution is 14.0. The Hall–Kier alpha value is -1.06. The summed E-state index contributed by atoms with van der Waals surface area (Å²) in [7, 11) is 3.49. The zero-order valence-corrected chi connectivity index (χ0v) is 20.0. The summed E-state index contributed by atoms with van der Waals surface area (Å²) in [6, 6.07) is 5.49. The first-order valence-corrected chi connectivity index (χ1v) is 9.86. The summed E-state index contributed by atoms with van der Waals surface area (Å²) in [5.74, 6) is 0.671. The van der Waals surface area contributed by atoms with E-state index in [9.17, 15) is 4.79 Å². The second-order valence-corrected chi connectivity index (χ2v) is 7.57. The van der Waals surface area contributed by atoms with Gasteiger partial charge >= 0.3 is 0 Å². The number of carbonyl (C=O) groups is 1. The smallest absolute Gasteiger partial charge is 0.226 e. The number of guanidine groups is 1. The van der Waals surface area contributed by atoms with Gasteiger partial charge in [-0.25, -0.2) is 0 Å². The zero-order chi connectivity index (χ0) is 19.7. The quantitative estimate of drug-likeness (QED) is 0.261. The first-order valence-electron chi connectivity index (χ1n) is 9.48. The summed E-state index contributed by atoms with van der Waals surface area (Å²) in [6.45, 7) is 4.07. The molecule has 1 amide bonds. The fourth-order valence-electron chi connectivity index (χ4n) is 3.25. The lowest BCUT2D eigenvalue weighted by molar-refractivity contribution is -0.116. The highest BCUT2D eigenvalue weighted by atomic mass is 127. The minimum absolute atomic E-state index is 0. The van der Waals surface area contributed by atoms with E-state index in [1.165, 1.54) is 19.3 Å². The van der Waals surface area contributed by atoms with Gasteiger partial charge in [-0.3, -0.25) is 9.79 Å². The molecule has 0 aliphatic heterocycles. The molecule has 1 aliphatic rings. The summed E-state index contributed by atoms with van der Waals surface area (Å²) in [6.07, 6.45) is 5.14. The van der Waals surface area contributed by atoms with Gasteiger partial charge in [0, 0.05) is 51.0 Å². The number of halogens is 2. The molecule has 0 spiro atoms. The third-order valence-electron chi connectivity index (χ3n) is 5.29. The molecule has 158 valence electrons. The van der Waals surface area contributed by atoms with Crippen molar-refractivity contribution in [3.8, 4) is 0 Å². The van der Waals surface area contributed by atoms with Crippen LogP contribution in [0.25, 0.3) is 0 Å². The Morgan fingerprint density at radius 3 is 2.68 bits per heavy atom. The topological polar surface area (TPSA) is 74.8 Å². The maximum Gasteiger partial charge on any atom is 0.226 e. The van der Waals surface area contributed by atoms with Gasteiger partial charge in [-0.05, 0) is 49.3 Å². The van der Waals surface area contributed by atoms with E-state index in [1.54, 1.807) is 14.2 Å². The molecule has 0 aromatic heterocycles. The van der Waals surface area contributed by atoms with E-state index in [4.69, 9.17) is 16.3 Å². The Morgan fingerprint density at radius 1 is 1.32 bits per heavy atom. The van der Waals surface area contributed by atoms with Crippen molar-refractivity contribution >= 4 is 53.1 Å². The minimum atomic E-state index is -0.0566. The number of nitrogens with zero attached hydrogens (tertiary/aromatic N) is 1. The number of benzene rings is 1. The monoisotopic (exact) mass is 522 g/mol. The molecular weight excluding hydrogens is 491 g/mol. The largest absolute Gasteiger partial charge is 0.385 e. The molecule has 3 N–H and O–H groups in total. The second-order valence-electron chi connectivity index (χ2n) is 7.16. The van der Waals surface area contributed by atoms with Crippen LogP contribution in [-0.4, -0.2) is 45.7 Å². The molecule has 0 heterocycles. The van der Waals surface area contributed by atoms with E-state index in [-0.39, 0.29) is 29.9 Å². The molecule has 0 saturated heterocycles. The molecule has 0 atom stereocenters. The van der Waals surface area contributed by atoms with Crippen molar-refractivity contribution in [3.63, 3.8) is 0 Å². The van der Waals surface area contributed by atoms with Gasteiger partial charge in [-0.15, -0.1) is 24.0 Å². The molecule has 0 radical (unpaired) electrons. The van der Waals surface area contributed by atoms with Crippen LogP contribution in [0.5, 0.6) is 0 Å². The first kappa shape index (κ1) is 25.0. The SMILES string of the molecule is CN=C(NCCC(=O)Nc1cccc(Cl)c1C)NCC1(CCOC)CCC1.I. The van der Waals surface area contributed by atoms with Crippen LogP contribution < -0.4 is 16.0 Å². The van der Waals surface area contributed by atoms with Crippen molar-refractivity contribution in [1.29, 1.82) is 0 Å². The van der Waals surface area contributed by atoms with Crippen LogP contribution in [-0.2, 0) is 9.53 Å². The van der Waals surface area contributed by atoms with E-state index < -0.39 is 0 Å². The highest BCUT2D eigenvalue weighted by Crippen LogP contribution is 2.43. The number of carbonyl (C=O) groups excluding carboxylic acids is 1. The van der Waals surface area contributed by atoms with Crippen molar-refractivity contribution in [1.82, 2.24) is 10.6 Å². The van der Waals surface area contributed by atoms with Crippen LogP contribution in [0, 0.1) is 12.3 Å². The van der Waals surface area contributed by atoms with E-state index in [1.807, 2.05) is 25.1 Å². The van der Waals surface area contributed by atoms with E-state index >= 15 is 0 Å². The lowest BCUT2D eigenvalue weighted by atomic mass is 9.67. The van der Waals surface area contributed by atoms with Gasteiger partial charge in [0.2, 0.25) is 5.91 Å². The highest BCUT2D eigenvalue weighted by Gasteiger charge is 2.36. The lowest BCUT2D eigenvalue weighted by Crippen LogP contribution is -2.47. The molecular formula is C20H32ClIN4O2. The molecule has 6 nitrogen and oxygen atoms in total. The number of amides is 1. The fourth-order valence-corrected chi connectivity index (χ4v) is 3.43. The average molecular weight is 523 g/mol. The van der Waals surface area contributed by atoms with Crippen molar-refractivity contribution < 1.29 is 9.53 Å². The van der Waals surface area contributed by atoms with Gasteiger partial charge in [0.1, 0.15) is 0 Å². The zero-order valence-electron chi connectivity index (χ0n) is 16.9. The Morgan fingerprint density at radius 2 is 2.07 bits per heavy atom. The van der Waals surface area contributed by atoms with Gasteiger partial charge in [-0.2, -0.15) is 0 Å². The lowest BCUT2D eigenvalue weighted by Gasteiger charge is -2.42. The Balaban J connectivity index is 0.00000392. The van der Waals surface area contributed by atoms with Crippen LogP contribution in [0.3, 0.4) is 0 Å². The molecule has 1 aromatic carbocycles. The van der Waals surface area contributed by atoms with Crippen molar-refractivity contribution in [2.45, 2.75) is 39.0 Å². The summed E-state index contributed by atoms with van der Waals surface area (Å²) >= 11 is 6.09. The van der Waals surface area contributed by atoms with Crippen LogP contribution in [0.1, 0.15) is 37.7 Å². The molecule has 8 heteroatoms. The molecule has 1 aromatic rings. The van der Waals surface area contributed by atoms with Crippen LogP contribution in [0.4, 0.5) is 5.69 Å². The molecule has 0 bridgehead atoms. The van der Waals surface area contributed by atoms with Crippen LogP contribution in [0.15, 0.2) is 23.2 Å². The first-order chi connectivity index (χ1) is 13.0. The van der Waals surface area contributed by atoms with E-state index in [2.05, 4.69) is 20.9 Å². The van der Waals surface area contributed by atoms with E-state index in [0.29, 0.717) is 23.4 Å². The Kier molecular flexibility index (Phi) is 11.1. The Bertz CT molecular complexity index is 666. The Labute approximate surface area is 190 Å². The van der Waals surface area contributed by atoms with Crippen molar-refractivity contribution in [3.05, 3.63) is 28.8 Å². The number of rotatable bonds is 9. The van der Waals surface area contributed by atoms with Crippen LogP contribution >= 0.6 is 35.6 Å². The third kappa shape index (κ3) is 7.40.